The van der Waals surface area contributed by atoms with Crippen LogP contribution in [0, 0.1) is 0 Å². The van der Waals surface area contributed by atoms with Gasteiger partial charge in [-0.2, -0.15) is 0 Å². The van der Waals surface area contributed by atoms with Gasteiger partial charge >= 0.3 is 0 Å². The second-order valence-electron chi connectivity index (χ2n) is 4.97. The maximum Gasteiger partial charge on any atom is 0.231 e. The molecule has 1 amide bonds. The summed E-state index contributed by atoms with van der Waals surface area (Å²) in [5.41, 5.74) is 1.78. The van der Waals surface area contributed by atoms with Crippen LogP contribution in [0.15, 0.2) is 42.5 Å². The minimum atomic E-state index is -0.0401. The quantitative estimate of drug-likeness (QED) is 0.922. The van der Waals surface area contributed by atoms with E-state index in [1.807, 2.05) is 24.3 Å². The molecule has 2 aromatic rings. The Morgan fingerprint density at radius 3 is 2.91 bits per heavy atom. The van der Waals surface area contributed by atoms with Crippen LogP contribution >= 0.6 is 0 Å². The van der Waals surface area contributed by atoms with E-state index in [2.05, 4.69) is 5.32 Å². The molecule has 2 aromatic carbocycles. The predicted molar refractivity (Wildman–Crippen MR) is 82.5 cm³/mol. The average molecular weight is 299 g/mol. The number of methoxy groups -OCH3 is 1. The summed E-state index contributed by atoms with van der Waals surface area (Å²) >= 11 is 0. The lowest BCUT2D eigenvalue weighted by molar-refractivity contribution is -0.116. The molecule has 0 bridgehead atoms. The minimum absolute atomic E-state index is 0.0401. The summed E-state index contributed by atoms with van der Waals surface area (Å²) in [5, 5.41) is 2.86. The van der Waals surface area contributed by atoms with Gasteiger partial charge in [0.15, 0.2) is 11.5 Å². The van der Waals surface area contributed by atoms with E-state index in [0.29, 0.717) is 30.0 Å². The fourth-order valence-electron chi connectivity index (χ4n) is 2.28. The summed E-state index contributed by atoms with van der Waals surface area (Å²) in [6.07, 6.45) is 1.06. The largest absolute Gasteiger partial charge is 0.497 e. The smallest absolute Gasteiger partial charge is 0.231 e. The van der Waals surface area contributed by atoms with E-state index < -0.39 is 0 Å². The molecule has 0 radical (unpaired) electrons. The Labute approximate surface area is 128 Å². The molecule has 0 saturated carbocycles. The summed E-state index contributed by atoms with van der Waals surface area (Å²) in [6, 6.07) is 13.1. The van der Waals surface area contributed by atoms with Gasteiger partial charge in [0.25, 0.3) is 0 Å². The van der Waals surface area contributed by atoms with Crippen molar-refractivity contribution in [1.29, 1.82) is 0 Å². The second-order valence-corrected chi connectivity index (χ2v) is 4.97. The summed E-state index contributed by atoms with van der Waals surface area (Å²) in [4.78, 5) is 12.0. The first-order valence-corrected chi connectivity index (χ1v) is 7.07. The van der Waals surface area contributed by atoms with Gasteiger partial charge in [0.05, 0.1) is 7.11 Å². The van der Waals surface area contributed by atoms with Crippen LogP contribution in [0.3, 0.4) is 0 Å². The highest BCUT2D eigenvalue weighted by molar-refractivity contribution is 5.91. The highest BCUT2D eigenvalue weighted by atomic mass is 16.7. The van der Waals surface area contributed by atoms with Gasteiger partial charge in [-0.3, -0.25) is 4.79 Å². The molecular formula is C17H17NO4. The maximum absolute atomic E-state index is 12.0. The summed E-state index contributed by atoms with van der Waals surface area (Å²) in [6.45, 7) is 0.225. The van der Waals surface area contributed by atoms with Crippen LogP contribution in [-0.2, 0) is 11.2 Å². The molecule has 22 heavy (non-hydrogen) atoms. The first-order chi connectivity index (χ1) is 10.7. The Morgan fingerprint density at radius 2 is 2.05 bits per heavy atom. The summed E-state index contributed by atoms with van der Waals surface area (Å²) < 4.78 is 15.7. The minimum Gasteiger partial charge on any atom is -0.497 e. The van der Waals surface area contributed by atoms with E-state index in [-0.39, 0.29) is 12.7 Å². The van der Waals surface area contributed by atoms with Gasteiger partial charge in [0.2, 0.25) is 12.7 Å². The normalized spacial score (nSPS) is 12.0. The van der Waals surface area contributed by atoms with Crippen LogP contribution < -0.4 is 19.5 Å². The van der Waals surface area contributed by atoms with Crippen molar-refractivity contribution in [3.05, 3.63) is 48.0 Å². The first kappa shape index (κ1) is 14.3. The van der Waals surface area contributed by atoms with E-state index >= 15 is 0 Å². The highest BCUT2D eigenvalue weighted by Gasteiger charge is 2.14. The zero-order chi connectivity index (χ0) is 15.4. The van der Waals surface area contributed by atoms with Crippen molar-refractivity contribution in [3.63, 3.8) is 0 Å². The molecule has 1 aliphatic rings. The molecule has 5 nitrogen and oxygen atoms in total. The van der Waals surface area contributed by atoms with Gasteiger partial charge in [-0.25, -0.2) is 0 Å². The number of nitrogens with one attached hydrogen (secondary N) is 1. The third-order valence-corrected chi connectivity index (χ3v) is 3.43. The Bertz CT molecular complexity index is 684. The van der Waals surface area contributed by atoms with Crippen LogP contribution in [0.1, 0.15) is 12.0 Å². The van der Waals surface area contributed by atoms with Crippen molar-refractivity contribution in [1.82, 2.24) is 0 Å². The number of rotatable bonds is 5. The molecule has 0 aliphatic carbocycles. The number of ether oxygens (including phenoxy) is 3. The number of hydrogen-bond donors (Lipinski definition) is 1. The zero-order valence-corrected chi connectivity index (χ0v) is 12.3. The molecule has 0 unspecified atom stereocenters. The van der Waals surface area contributed by atoms with Crippen LogP contribution in [0.2, 0.25) is 0 Å². The van der Waals surface area contributed by atoms with Crippen molar-refractivity contribution in [2.45, 2.75) is 12.8 Å². The molecule has 1 aliphatic heterocycles. The second kappa shape index (κ2) is 6.39. The first-order valence-electron chi connectivity index (χ1n) is 7.07. The van der Waals surface area contributed by atoms with Crippen LogP contribution in [0.5, 0.6) is 17.2 Å². The van der Waals surface area contributed by atoms with Gasteiger partial charge in [-0.15, -0.1) is 0 Å². The van der Waals surface area contributed by atoms with E-state index in [1.165, 1.54) is 0 Å². The molecule has 0 fully saturated rings. The van der Waals surface area contributed by atoms with Gasteiger partial charge in [0.1, 0.15) is 5.75 Å². The number of carbonyl (C=O) groups excluding carboxylic acids is 1. The van der Waals surface area contributed by atoms with E-state index in [1.54, 1.807) is 25.3 Å². The van der Waals surface area contributed by atoms with Crippen molar-refractivity contribution in [2.24, 2.45) is 0 Å². The molecule has 0 aromatic heterocycles. The fourth-order valence-corrected chi connectivity index (χ4v) is 2.28. The Balaban J connectivity index is 1.56. The lowest BCUT2D eigenvalue weighted by Crippen LogP contribution is -2.12. The Kier molecular flexibility index (Phi) is 4.14. The van der Waals surface area contributed by atoms with Crippen LogP contribution in [0.25, 0.3) is 0 Å². The molecule has 114 valence electrons. The Hall–Kier alpha value is -2.69. The van der Waals surface area contributed by atoms with E-state index in [0.717, 1.165) is 11.3 Å². The lowest BCUT2D eigenvalue weighted by Gasteiger charge is -2.07. The van der Waals surface area contributed by atoms with Gasteiger partial charge < -0.3 is 19.5 Å². The fraction of sp³-hybridized carbons (Fsp3) is 0.235. The highest BCUT2D eigenvalue weighted by Crippen LogP contribution is 2.34. The molecule has 1 N–H and O–H groups in total. The molecule has 3 rings (SSSR count). The van der Waals surface area contributed by atoms with Crippen molar-refractivity contribution in [3.8, 4) is 17.2 Å². The number of benzene rings is 2. The summed E-state index contributed by atoms with van der Waals surface area (Å²) in [5.74, 6) is 2.12. The van der Waals surface area contributed by atoms with E-state index in [4.69, 9.17) is 14.2 Å². The number of hydrogen-bond acceptors (Lipinski definition) is 4. The SMILES string of the molecule is COc1cccc(CCC(=O)Nc2ccc3c(c2)OCO3)c1. The van der Waals surface area contributed by atoms with Gasteiger partial charge in [0, 0.05) is 18.2 Å². The van der Waals surface area contributed by atoms with E-state index in [9.17, 15) is 4.79 Å². The monoisotopic (exact) mass is 299 g/mol. The molecule has 1 heterocycles. The number of aryl methyl sites for hydroxylation is 1. The van der Waals surface area contributed by atoms with Gasteiger partial charge in [-0.05, 0) is 36.2 Å². The molecule has 0 saturated heterocycles. The van der Waals surface area contributed by atoms with Crippen LogP contribution in [-0.4, -0.2) is 19.8 Å². The Morgan fingerprint density at radius 1 is 1.18 bits per heavy atom. The third kappa shape index (κ3) is 3.31. The average Bonchev–Trinajstić information content (AvgIpc) is 3.01. The summed E-state index contributed by atoms with van der Waals surface area (Å²) in [7, 11) is 1.63. The van der Waals surface area contributed by atoms with Gasteiger partial charge in [-0.1, -0.05) is 12.1 Å². The maximum atomic E-state index is 12.0. The van der Waals surface area contributed by atoms with Crippen molar-refractivity contribution in [2.75, 3.05) is 19.2 Å². The van der Waals surface area contributed by atoms with Crippen molar-refractivity contribution >= 4 is 11.6 Å². The third-order valence-electron chi connectivity index (χ3n) is 3.43. The molecule has 0 spiro atoms. The molecular weight excluding hydrogens is 282 g/mol. The number of fused-ring (bicyclic) bond motifs is 1. The number of anilines is 1. The standard InChI is InChI=1S/C17H17NO4/c1-20-14-4-2-3-12(9-14)5-8-17(19)18-13-6-7-15-16(10-13)22-11-21-15/h2-4,6-7,9-10H,5,8,11H2,1H3,(H,18,19). The lowest BCUT2D eigenvalue weighted by atomic mass is 10.1. The number of carbonyl (C=O) groups is 1. The topological polar surface area (TPSA) is 56.8 Å². The zero-order valence-electron chi connectivity index (χ0n) is 12.3. The molecule has 0 atom stereocenters. The van der Waals surface area contributed by atoms with Crippen molar-refractivity contribution < 1.29 is 19.0 Å². The molecule has 5 heteroatoms. The predicted octanol–water partition coefficient (Wildman–Crippen LogP) is 3.00. The van der Waals surface area contributed by atoms with Crippen LogP contribution in [0.4, 0.5) is 5.69 Å². The number of amides is 1.